The van der Waals surface area contributed by atoms with E-state index in [9.17, 15) is 18.4 Å². The molecule has 7 nitrogen and oxygen atoms in total. The molecule has 0 heterocycles. The maximum absolute atomic E-state index is 14.7. The van der Waals surface area contributed by atoms with Crippen molar-refractivity contribution in [3.63, 3.8) is 0 Å². The summed E-state index contributed by atoms with van der Waals surface area (Å²) in [5, 5.41) is 2.32. The minimum atomic E-state index is -4.83. The van der Waals surface area contributed by atoms with Gasteiger partial charge in [-0.15, -0.1) is 9.35 Å². The maximum Gasteiger partial charge on any atom is 0.155 e. The summed E-state index contributed by atoms with van der Waals surface area (Å²) in [7, 11) is -4.83. The number of unbranched alkanes of at least 4 members (excludes halogenated alkanes) is 1. The van der Waals surface area contributed by atoms with Crippen molar-refractivity contribution in [2.75, 3.05) is 6.54 Å². The van der Waals surface area contributed by atoms with E-state index in [1.54, 1.807) is 66.7 Å². The molecule has 170 valence electrons. The molecule has 0 aromatic heterocycles. The van der Waals surface area contributed by atoms with Crippen molar-refractivity contribution in [1.82, 2.24) is 0 Å². The lowest BCUT2D eigenvalue weighted by Gasteiger charge is -2.49. The predicted molar refractivity (Wildman–Crippen MR) is 126 cm³/mol. The highest BCUT2D eigenvalue weighted by atomic mass is 32.3. The Hall–Kier alpha value is -3.06. The van der Waals surface area contributed by atoms with E-state index in [-0.39, 0.29) is 40.7 Å². The van der Waals surface area contributed by atoms with Gasteiger partial charge in [0.25, 0.3) is 0 Å². The van der Waals surface area contributed by atoms with Crippen LogP contribution in [0.2, 0.25) is 0 Å². The zero-order chi connectivity index (χ0) is 23.5. The van der Waals surface area contributed by atoms with Crippen molar-refractivity contribution in [1.29, 1.82) is 0 Å². The van der Waals surface area contributed by atoms with Crippen LogP contribution in [0, 0.1) is 0 Å². The molecule has 2 aromatic rings. The third-order valence-corrected chi connectivity index (χ3v) is 9.14. The number of allylic oxidation sites excluding steroid dienone is 2. The summed E-state index contributed by atoms with van der Waals surface area (Å²) in [6.45, 7) is 1.58. The first-order valence-corrected chi connectivity index (χ1v) is 12.5. The SMILES string of the molecule is CC(=O)/C=C/CCCC(=O)C(CCCN=[N+]=[N-])S(=O)(O)(c1ccccc1)c1ccccc1. The quantitative estimate of drug-likeness (QED) is 0.136. The Morgan fingerprint density at radius 1 is 1.06 bits per heavy atom. The zero-order valence-corrected chi connectivity index (χ0v) is 19.0. The molecule has 8 heteroatoms. The van der Waals surface area contributed by atoms with Crippen LogP contribution in [0.5, 0.6) is 0 Å². The highest BCUT2D eigenvalue weighted by molar-refractivity contribution is 8.16. The molecule has 0 saturated carbocycles. The summed E-state index contributed by atoms with van der Waals surface area (Å²) in [5.41, 5.74) is 8.57. The molecule has 0 saturated heterocycles. The van der Waals surface area contributed by atoms with E-state index in [2.05, 4.69) is 10.0 Å². The van der Waals surface area contributed by atoms with Crippen molar-refractivity contribution in [3.8, 4) is 0 Å². The van der Waals surface area contributed by atoms with E-state index in [4.69, 9.17) is 5.53 Å². The lowest BCUT2D eigenvalue weighted by Crippen LogP contribution is -2.49. The Morgan fingerprint density at radius 3 is 2.12 bits per heavy atom. The number of hydrogen-bond acceptors (Lipinski definition) is 4. The maximum atomic E-state index is 14.7. The fraction of sp³-hybridized carbons (Fsp3) is 0.333. The van der Waals surface area contributed by atoms with Crippen molar-refractivity contribution < 1.29 is 18.4 Å². The van der Waals surface area contributed by atoms with Crippen molar-refractivity contribution in [3.05, 3.63) is 83.3 Å². The topological polar surface area (TPSA) is 120 Å². The molecule has 1 unspecified atom stereocenters. The van der Waals surface area contributed by atoms with E-state index < -0.39 is 14.6 Å². The van der Waals surface area contributed by atoms with Crippen molar-refractivity contribution >= 4 is 20.9 Å². The van der Waals surface area contributed by atoms with Gasteiger partial charge >= 0.3 is 0 Å². The number of Topliss-reactive ketones (excluding diaryl/α,β-unsaturated/α-hetero) is 1. The molecule has 2 rings (SSSR count). The fourth-order valence-corrected chi connectivity index (χ4v) is 7.16. The average Bonchev–Trinajstić information content (AvgIpc) is 2.79. The van der Waals surface area contributed by atoms with Gasteiger partial charge in [-0.3, -0.25) is 14.1 Å². The van der Waals surface area contributed by atoms with Crippen LogP contribution < -0.4 is 0 Å². The molecule has 0 amide bonds. The van der Waals surface area contributed by atoms with Gasteiger partial charge in [-0.25, -0.2) is 0 Å². The minimum absolute atomic E-state index is 0.0703. The van der Waals surface area contributed by atoms with Gasteiger partial charge in [0.05, 0.1) is 9.79 Å². The predicted octanol–water partition coefficient (Wildman–Crippen LogP) is 5.74. The van der Waals surface area contributed by atoms with E-state index in [1.165, 1.54) is 13.0 Å². The number of rotatable bonds is 13. The van der Waals surface area contributed by atoms with Gasteiger partial charge in [0, 0.05) is 17.9 Å². The van der Waals surface area contributed by atoms with Crippen molar-refractivity contribution in [2.24, 2.45) is 5.11 Å². The second kappa shape index (κ2) is 11.5. The summed E-state index contributed by atoms with van der Waals surface area (Å²) in [4.78, 5) is 27.5. The molecule has 0 aliphatic rings. The second-order valence-electron chi connectivity index (χ2n) is 7.55. The molecule has 0 fully saturated rings. The number of azide groups is 1. The first-order chi connectivity index (χ1) is 15.3. The van der Waals surface area contributed by atoms with Crippen LogP contribution in [-0.2, 0) is 18.9 Å². The highest BCUT2D eigenvalue weighted by Crippen LogP contribution is 2.46. The average molecular weight is 456 g/mol. The second-order valence-corrected chi connectivity index (χ2v) is 11.0. The van der Waals surface area contributed by atoms with Crippen molar-refractivity contribution in [2.45, 2.75) is 54.1 Å². The fourth-order valence-electron chi connectivity index (χ4n) is 3.65. The lowest BCUT2D eigenvalue weighted by molar-refractivity contribution is -0.119. The summed E-state index contributed by atoms with van der Waals surface area (Å²) < 4.78 is 26.8. The molecule has 2 aromatic carbocycles. The van der Waals surface area contributed by atoms with E-state index in [1.807, 2.05) is 0 Å². The van der Waals surface area contributed by atoms with Gasteiger partial charge in [0.1, 0.15) is 5.25 Å². The smallest absolute Gasteiger partial charge is 0.155 e. The van der Waals surface area contributed by atoms with Crippen LogP contribution in [-0.4, -0.2) is 32.1 Å². The monoisotopic (exact) mass is 455 g/mol. The Balaban J connectivity index is 2.48. The van der Waals surface area contributed by atoms with Gasteiger partial charge < -0.3 is 0 Å². The molecule has 0 bridgehead atoms. The molecule has 0 spiro atoms. The molecule has 1 N–H and O–H groups in total. The summed E-state index contributed by atoms with van der Waals surface area (Å²) >= 11 is 0. The first kappa shape index (κ1) is 25.2. The lowest BCUT2D eigenvalue weighted by atomic mass is 10.1. The van der Waals surface area contributed by atoms with E-state index in [0.717, 1.165) is 0 Å². The summed E-state index contributed by atoms with van der Waals surface area (Å²) in [5.74, 6) is -0.395. The first-order valence-electron chi connectivity index (χ1n) is 10.5. The Kier molecular flexibility index (Phi) is 9.08. The van der Waals surface area contributed by atoms with Gasteiger partial charge in [-0.1, -0.05) is 47.6 Å². The number of carbonyl (C=O) groups is 2. The molecular formula is C24H29N3O4S. The van der Waals surface area contributed by atoms with Crippen LogP contribution in [0.4, 0.5) is 0 Å². The van der Waals surface area contributed by atoms with Crippen LogP contribution in [0.25, 0.3) is 10.4 Å². The van der Waals surface area contributed by atoms with E-state index in [0.29, 0.717) is 19.3 Å². The number of nitrogens with zero attached hydrogens (tertiary/aromatic N) is 3. The highest BCUT2D eigenvalue weighted by Gasteiger charge is 2.44. The van der Waals surface area contributed by atoms with Gasteiger partial charge in [-0.2, -0.15) is 4.21 Å². The zero-order valence-electron chi connectivity index (χ0n) is 18.2. The molecular weight excluding hydrogens is 426 g/mol. The molecule has 0 aliphatic heterocycles. The molecule has 1 atom stereocenters. The third-order valence-electron chi connectivity index (χ3n) is 5.22. The van der Waals surface area contributed by atoms with Crippen LogP contribution in [0.15, 0.2) is 87.7 Å². The Morgan fingerprint density at radius 2 is 1.62 bits per heavy atom. The number of ketones is 2. The van der Waals surface area contributed by atoms with Crippen LogP contribution >= 0.6 is 0 Å². The van der Waals surface area contributed by atoms with Crippen LogP contribution in [0.1, 0.15) is 39.0 Å². The molecule has 0 radical (unpaired) electrons. The van der Waals surface area contributed by atoms with Crippen LogP contribution in [0.3, 0.4) is 0 Å². The Labute approximate surface area is 188 Å². The molecule has 32 heavy (non-hydrogen) atoms. The van der Waals surface area contributed by atoms with Gasteiger partial charge in [0.2, 0.25) is 0 Å². The normalized spacial score (nSPS) is 13.6. The largest absolute Gasteiger partial charge is 0.298 e. The third kappa shape index (κ3) is 6.01. The summed E-state index contributed by atoms with van der Waals surface area (Å²) in [6, 6.07) is 16.5. The van der Waals surface area contributed by atoms with Gasteiger partial charge in [-0.05, 0) is 68.5 Å². The number of hydrogen-bond donors (Lipinski definition) is 1. The minimum Gasteiger partial charge on any atom is -0.298 e. The number of benzene rings is 2. The van der Waals surface area contributed by atoms with E-state index >= 15 is 0 Å². The molecule has 0 aliphatic carbocycles. The van der Waals surface area contributed by atoms with Gasteiger partial charge in [0.15, 0.2) is 11.6 Å². The summed E-state index contributed by atoms with van der Waals surface area (Å²) in [6.07, 6.45) is 4.64. The Bertz CT molecular complexity index is 1020. The number of carbonyl (C=O) groups excluding carboxylic acids is 2. The standard InChI is InChI=1S/C24H29N3O4S/c1-20(28)12-5-2-10-17-23(29)24(18-11-19-26-27-25)32(30,31,21-13-6-3-7-14-21)22-15-8-4-9-16-22/h3-9,12-16,24H,2,10-11,17-19H2,1H3,(H,30,31)/b12-5+.